The summed E-state index contributed by atoms with van der Waals surface area (Å²) < 4.78 is 28.6. The number of amides is 2. The topological polar surface area (TPSA) is 119 Å². The summed E-state index contributed by atoms with van der Waals surface area (Å²) in [4.78, 5) is 26.4. The molecule has 2 aromatic rings. The summed E-state index contributed by atoms with van der Waals surface area (Å²) in [5, 5.41) is 15.7. The molecule has 10 heteroatoms. The summed E-state index contributed by atoms with van der Waals surface area (Å²) in [5.41, 5.74) is 3.14. The maximum Gasteiger partial charge on any atom is 0.252 e. The van der Waals surface area contributed by atoms with Gasteiger partial charge in [0.2, 0.25) is 15.9 Å². The van der Waals surface area contributed by atoms with Gasteiger partial charge in [-0.3, -0.25) is 15.0 Å². The quantitative estimate of drug-likeness (QED) is 0.298. The van der Waals surface area contributed by atoms with E-state index < -0.39 is 28.1 Å². The van der Waals surface area contributed by atoms with Crippen LogP contribution in [0.15, 0.2) is 65.6 Å². The Morgan fingerprint density at radius 1 is 0.975 bits per heavy atom. The lowest BCUT2D eigenvalue weighted by Crippen LogP contribution is -2.60. The minimum Gasteiger partial charge on any atom is -0.390 e. The third-order valence-corrected chi connectivity index (χ3v) is 8.20. The van der Waals surface area contributed by atoms with Gasteiger partial charge in [0.05, 0.1) is 23.6 Å². The molecule has 1 unspecified atom stereocenters. The molecule has 0 fully saturated rings. The molecule has 0 aliphatic heterocycles. The predicted octanol–water partition coefficient (Wildman–Crippen LogP) is 3.21. The van der Waals surface area contributed by atoms with Crippen LogP contribution in [0.25, 0.3) is 0 Å². The number of nitrogens with one attached hydrogen (secondary N) is 2. The highest BCUT2D eigenvalue weighted by Gasteiger charge is 2.36. The van der Waals surface area contributed by atoms with E-state index in [9.17, 15) is 23.1 Å². The van der Waals surface area contributed by atoms with Crippen molar-refractivity contribution in [2.45, 2.75) is 70.9 Å². The molecule has 0 saturated carbocycles. The van der Waals surface area contributed by atoms with Crippen molar-refractivity contribution >= 4 is 21.8 Å². The van der Waals surface area contributed by atoms with E-state index in [0.717, 1.165) is 5.56 Å². The maximum absolute atomic E-state index is 13.7. The van der Waals surface area contributed by atoms with Crippen LogP contribution in [-0.4, -0.2) is 73.5 Å². The molecule has 3 N–H and O–H groups in total. The maximum atomic E-state index is 13.7. The Hall–Kier alpha value is -2.79. The number of benzene rings is 2. The fraction of sp³-hybridized carbons (Fsp3) is 0.533. The van der Waals surface area contributed by atoms with Crippen LogP contribution >= 0.6 is 0 Å². The second kappa shape index (κ2) is 15.3. The van der Waals surface area contributed by atoms with Gasteiger partial charge in [0, 0.05) is 19.5 Å². The fourth-order valence-corrected chi connectivity index (χ4v) is 5.74. The summed E-state index contributed by atoms with van der Waals surface area (Å²) in [6.45, 7) is 9.69. The van der Waals surface area contributed by atoms with Crippen LogP contribution in [0.2, 0.25) is 0 Å². The number of sulfonamides is 1. The highest BCUT2D eigenvalue weighted by molar-refractivity contribution is 7.89. The number of hydrogen-bond acceptors (Lipinski definition) is 6. The van der Waals surface area contributed by atoms with E-state index >= 15 is 0 Å². The Labute approximate surface area is 240 Å². The average molecular weight is 575 g/mol. The lowest BCUT2D eigenvalue weighted by atomic mass is 9.91. The molecule has 0 heterocycles. The van der Waals surface area contributed by atoms with Crippen LogP contribution in [0, 0.1) is 11.3 Å². The molecule has 2 amide bonds. The normalized spacial score (nSPS) is 13.7. The Balaban J connectivity index is 2.52. The first-order valence-corrected chi connectivity index (χ1v) is 15.2. The summed E-state index contributed by atoms with van der Waals surface area (Å²) in [7, 11) is -2.31. The van der Waals surface area contributed by atoms with Crippen LogP contribution in [-0.2, 0) is 26.0 Å². The van der Waals surface area contributed by atoms with Gasteiger partial charge in [-0.05, 0) is 48.9 Å². The summed E-state index contributed by atoms with van der Waals surface area (Å²) in [5.74, 6) is -0.573. The third-order valence-electron chi connectivity index (χ3n) is 6.32. The van der Waals surface area contributed by atoms with E-state index in [-0.39, 0.29) is 54.6 Å². The van der Waals surface area contributed by atoms with Gasteiger partial charge < -0.3 is 10.4 Å². The van der Waals surface area contributed by atoms with Gasteiger partial charge in [0.25, 0.3) is 5.91 Å². The summed E-state index contributed by atoms with van der Waals surface area (Å²) in [6, 6.07) is 16.5. The standard InChI is InChI=1S/C30H46N4O5S/c1-23(2)17-18-33(40(38,39)25-15-11-8-12-16-25)22-27(35)26(19-24-13-9-7-10-14-24)34(32-28(36)21-31-6)29(37)20-30(3,4)5/h7-16,23,26-27,31,35H,17-22H2,1-6H3,(H,32,36)/t26?,27-/m0/s1. The van der Waals surface area contributed by atoms with E-state index in [1.54, 1.807) is 25.2 Å². The molecule has 0 aliphatic carbocycles. The summed E-state index contributed by atoms with van der Waals surface area (Å²) in [6.07, 6.45) is -0.386. The van der Waals surface area contributed by atoms with Gasteiger partial charge in [-0.2, -0.15) is 4.31 Å². The fourth-order valence-electron chi connectivity index (χ4n) is 4.24. The van der Waals surface area contributed by atoms with Gasteiger partial charge in [0.1, 0.15) is 0 Å². The van der Waals surface area contributed by atoms with Crippen LogP contribution in [0.1, 0.15) is 53.0 Å². The van der Waals surface area contributed by atoms with E-state index in [1.165, 1.54) is 21.4 Å². The number of carbonyl (C=O) groups is 2. The zero-order valence-corrected chi connectivity index (χ0v) is 25.4. The number of carbonyl (C=O) groups excluding carboxylic acids is 2. The Morgan fingerprint density at radius 3 is 2.08 bits per heavy atom. The minimum absolute atomic E-state index is 0.0314. The van der Waals surface area contributed by atoms with Gasteiger partial charge in [0.15, 0.2) is 0 Å². The molecule has 0 bridgehead atoms. The number of nitrogens with zero attached hydrogens (tertiary/aromatic N) is 2. The molecule has 0 aliphatic rings. The van der Waals surface area contributed by atoms with E-state index in [0.29, 0.717) is 6.42 Å². The number of likely N-dealkylation sites (N-methyl/N-ethyl adjacent to an activating group) is 1. The summed E-state index contributed by atoms with van der Waals surface area (Å²) >= 11 is 0. The second-order valence-corrected chi connectivity index (χ2v) is 13.7. The molecule has 0 saturated heterocycles. The smallest absolute Gasteiger partial charge is 0.252 e. The minimum atomic E-state index is -3.93. The van der Waals surface area contributed by atoms with Gasteiger partial charge in [-0.15, -0.1) is 0 Å². The predicted molar refractivity (Wildman–Crippen MR) is 158 cm³/mol. The number of rotatable bonds is 14. The monoisotopic (exact) mass is 574 g/mol. The van der Waals surface area contributed by atoms with Crippen molar-refractivity contribution in [1.82, 2.24) is 20.1 Å². The molecule has 2 atom stereocenters. The second-order valence-electron chi connectivity index (χ2n) is 11.7. The van der Waals surface area contributed by atoms with Gasteiger partial charge in [-0.25, -0.2) is 13.4 Å². The van der Waals surface area contributed by atoms with Crippen molar-refractivity contribution in [2.75, 3.05) is 26.7 Å². The number of aliphatic hydroxyl groups excluding tert-OH is 1. The number of hydrogen-bond donors (Lipinski definition) is 3. The first-order chi connectivity index (χ1) is 18.7. The zero-order valence-electron chi connectivity index (χ0n) is 24.6. The SMILES string of the molecule is CNCC(=O)NN(C(=O)CC(C)(C)C)C(Cc1ccccc1)[C@@H](O)CN(CCC(C)C)S(=O)(=O)c1ccccc1. The molecule has 0 aromatic heterocycles. The molecule has 9 nitrogen and oxygen atoms in total. The molecule has 2 rings (SSSR count). The van der Waals surface area contributed by atoms with E-state index in [4.69, 9.17) is 0 Å². The zero-order chi connectivity index (χ0) is 29.9. The number of aliphatic hydroxyl groups is 1. The van der Waals surface area contributed by atoms with Crippen molar-refractivity contribution in [3.05, 3.63) is 66.2 Å². The molecule has 222 valence electrons. The Morgan fingerprint density at radius 2 is 1.55 bits per heavy atom. The highest BCUT2D eigenvalue weighted by Crippen LogP contribution is 2.24. The molecular formula is C30H46N4O5S. The molecule has 2 aromatic carbocycles. The first kappa shape index (κ1) is 33.4. The van der Waals surface area contributed by atoms with E-state index in [1.807, 2.05) is 65.0 Å². The molecule has 40 heavy (non-hydrogen) atoms. The van der Waals surface area contributed by atoms with Crippen LogP contribution in [0.4, 0.5) is 0 Å². The third kappa shape index (κ3) is 10.6. The van der Waals surface area contributed by atoms with Crippen LogP contribution < -0.4 is 10.7 Å². The number of hydrazine groups is 1. The Bertz CT molecular complexity index is 1170. The van der Waals surface area contributed by atoms with Crippen LogP contribution in [0.5, 0.6) is 0 Å². The van der Waals surface area contributed by atoms with Crippen molar-refractivity contribution in [3.8, 4) is 0 Å². The van der Waals surface area contributed by atoms with Crippen molar-refractivity contribution in [2.24, 2.45) is 11.3 Å². The molecule has 0 spiro atoms. The average Bonchev–Trinajstić information content (AvgIpc) is 2.88. The van der Waals surface area contributed by atoms with Crippen LogP contribution in [0.3, 0.4) is 0 Å². The van der Waals surface area contributed by atoms with Crippen molar-refractivity contribution in [1.29, 1.82) is 0 Å². The lowest BCUT2D eigenvalue weighted by Gasteiger charge is -2.38. The van der Waals surface area contributed by atoms with Gasteiger partial charge in [-0.1, -0.05) is 83.1 Å². The van der Waals surface area contributed by atoms with Crippen molar-refractivity contribution < 1.29 is 23.1 Å². The van der Waals surface area contributed by atoms with Crippen molar-refractivity contribution in [3.63, 3.8) is 0 Å². The van der Waals surface area contributed by atoms with Gasteiger partial charge >= 0.3 is 0 Å². The van der Waals surface area contributed by atoms with E-state index in [2.05, 4.69) is 10.7 Å². The largest absolute Gasteiger partial charge is 0.390 e. The Kier molecular flexibility index (Phi) is 12.8. The molecule has 0 radical (unpaired) electrons. The lowest BCUT2D eigenvalue weighted by molar-refractivity contribution is -0.149. The first-order valence-electron chi connectivity index (χ1n) is 13.8. The highest BCUT2D eigenvalue weighted by atomic mass is 32.2. The molecular weight excluding hydrogens is 528 g/mol.